The van der Waals surface area contributed by atoms with Crippen LogP contribution in [-0.2, 0) is 9.53 Å². The van der Waals surface area contributed by atoms with Crippen molar-refractivity contribution in [1.29, 1.82) is 0 Å². The topological polar surface area (TPSA) is 29.5 Å². The van der Waals surface area contributed by atoms with E-state index in [1.165, 1.54) is 12.7 Å². The molecule has 18 heavy (non-hydrogen) atoms. The molecule has 0 aromatic heterocycles. The number of methoxy groups -OCH3 is 1. The summed E-state index contributed by atoms with van der Waals surface area (Å²) in [6.45, 7) is 3.39. The highest BCUT2D eigenvalue weighted by Gasteiger charge is 2.14. The lowest BCUT2D eigenvalue weighted by atomic mass is 10.1. The molecule has 0 radical (unpaired) electrons. The van der Waals surface area contributed by atoms with Gasteiger partial charge in [-0.3, -0.25) is 4.79 Å². The van der Waals surface area contributed by atoms with Crippen LogP contribution in [0.25, 0.3) is 6.08 Å². The molecule has 1 rings (SSSR count). The molecule has 1 aromatic rings. The molecule has 1 unspecified atom stereocenters. The van der Waals surface area contributed by atoms with Gasteiger partial charge in [-0.05, 0) is 12.6 Å². The molecule has 0 amide bonds. The van der Waals surface area contributed by atoms with Gasteiger partial charge in [-0.2, -0.15) is 0 Å². The van der Waals surface area contributed by atoms with E-state index < -0.39 is 0 Å². The van der Waals surface area contributed by atoms with E-state index in [4.69, 9.17) is 4.74 Å². The van der Waals surface area contributed by atoms with Crippen molar-refractivity contribution in [3.63, 3.8) is 0 Å². The first-order valence-electron chi connectivity index (χ1n) is 6.11. The van der Waals surface area contributed by atoms with Gasteiger partial charge in [0.2, 0.25) is 0 Å². The van der Waals surface area contributed by atoms with Gasteiger partial charge in [-0.15, -0.1) is 0 Å². The Hall–Kier alpha value is -1.61. The first kappa shape index (κ1) is 14.5. The number of carbonyl (C=O) groups is 1. The minimum absolute atomic E-state index is 0.0925. The average Bonchev–Trinajstić information content (AvgIpc) is 2.38. The maximum absolute atomic E-state index is 11.3. The summed E-state index contributed by atoms with van der Waals surface area (Å²) in [5.41, 5.74) is 1.19. The third-order valence-corrected chi connectivity index (χ3v) is 2.72. The van der Waals surface area contributed by atoms with Crippen molar-refractivity contribution in [3.05, 3.63) is 42.0 Å². The Morgan fingerprint density at radius 1 is 1.39 bits per heavy atom. The van der Waals surface area contributed by atoms with Crippen molar-refractivity contribution in [2.75, 3.05) is 27.2 Å². The van der Waals surface area contributed by atoms with Crippen LogP contribution in [0.5, 0.6) is 0 Å². The zero-order chi connectivity index (χ0) is 13.4. The fourth-order valence-corrected chi connectivity index (χ4v) is 1.75. The van der Waals surface area contributed by atoms with Crippen LogP contribution in [0.3, 0.4) is 0 Å². The monoisotopic (exact) mass is 247 g/mol. The summed E-state index contributed by atoms with van der Waals surface area (Å²) in [5.74, 6) is -0.251. The lowest BCUT2D eigenvalue weighted by Gasteiger charge is -2.18. The molecule has 0 saturated heterocycles. The zero-order valence-corrected chi connectivity index (χ0v) is 11.3. The second-order valence-electron chi connectivity index (χ2n) is 4.46. The molecule has 0 N–H and O–H groups in total. The second kappa shape index (κ2) is 7.67. The van der Waals surface area contributed by atoms with Crippen LogP contribution in [0, 0.1) is 5.92 Å². The summed E-state index contributed by atoms with van der Waals surface area (Å²) >= 11 is 0. The number of esters is 1. The first-order valence-corrected chi connectivity index (χ1v) is 6.11. The van der Waals surface area contributed by atoms with E-state index in [1.807, 2.05) is 32.2 Å². The number of ether oxygens (including phenoxy) is 1. The molecular formula is C15H21NO2. The molecule has 0 heterocycles. The van der Waals surface area contributed by atoms with E-state index in [2.05, 4.69) is 29.2 Å². The highest BCUT2D eigenvalue weighted by Crippen LogP contribution is 2.03. The molecule has 0 aliphatic carbocycles. The fraction of sp³-hybridized carbons (Fsp3) is 0.400. The van der Waals surface area contributed by atoms with E-state index >= 15 is 0 Å². The van der Waals surface area contributed by atoms with E-state index in [-0.39, 0.29) is 11.9 Å². The van der Waals surface area contributed by atoms with Gasteiger partial charge >= 0.3 is 5.97 Å². The van der Waals surface area contributed by atoms with Crippen molar-refractivity contribution in [2.24, 2.45) is 5.92 Å². The smallest absolute Gasteiger partial charge is 0.309 e. The summed E-state index contributed by atoms with van der Waals surface area (Å²) < 4.78 is 4.70. The summed E-state index contributed by atoms with van der Waals surface area (Å²) in [4.78, 5) is 13.4. The van der Waals surface area contributed by atoms with Gasteiger partial charge in [0.1, 0.15) is 0 Å². The van der Waals surface area contributed by atoms with Crippen LogP contribution >= 0.6 is 0 Å². The largest absolute Gasteiger partial charge is 0.469 e. The molecule has 0 spiro atoms. The Labute approximate surface area is 109 Å². The van der Waals surface area contributed by atoms with Crippen molar-refractivity contribution in [2.45, 2.75) is 6.92 Å². The van der Waals surface area contributed by atoms with Crippen LogP contribution in [0.15, 0.2) is 36.4 Å². The number of nitrogens with zero attached hydrogens (tertiary/aromatic N) is 1. The number of hydrogen-bond acceptors (Lipinski definition) is 3. The Kier molecular flexibility index (Phi) is 6.15. The summed E-state index contributed by atoms with van der Waals surface area (Å²) in [7, 11) is 3.42. The second-order valence-corrected chi connectivity index (χ2v) is 4.46. The van der Waals surface area contributed by atoms with Crippen LogP contribution in [0.4, 0.5) is 0 Å². The average molecular weight is 247 g/mol. The number of likely N-dealkylation sites (N-methyl/N-ethyl adjacent to an activating group) is 1. The molecule has 0 aliphatic rings. The molecule has 0 saturated carbocycles. The highest BCUT2D eigenvalue weighted by molar-refractivity contribution is 5.72. The lowest BCUT2D eigenvalue weighted by molar-refractivity contribution is -0.145. The summed E-state index contributed by atoms with van der Waals surface area (Å²) in [6.07, 6.45) is 4.18. The Morgan fingerprint density at radius 2 is 2.06 bits per heavy atom. The van der Waals surface area contributed by atoms with Gasteiger partial charge in [0.05, 0.1) is 13.0 Å². The predicted molar refractivity (Wildman–Crippen MR) is 74.2 cm³/mol. The lowest BCUT2D eigenvalue weighted by Crippen LogP contribution is -2.29. The fourth-order valence-electron chi connectivity index (χ4n) is 1.75. The molecule has 98 valence electrons. The van der Waals surface area contributed by atoms with E-state index in [0.29, 0.717) is 6.54 Å². The molecular weight excluding hydrogens is 226 g/mol. The normalized spacial score (nSPS) is 12.9. The van der Waals surface area contributed by atoms with Crippen LogP contribution < -0.4 is 0 Å². The van der Waals surface area contributed by atoms with Gasteiger partial charge < -0.3 is 9.64 Å². The zero-order valence-electron chi connectivity index (χ0n) is 11.3. The molecule has 0 fully saturated rings. The van der Waals surface area contributed by atoms with E-state index in [1.54, 1.807) is 0 Å². The third-order valence-electron chi connectivity index (χ3n) is 2.72. The number of hydrogen-bond donors (Lipinski definition) is 0. The van der Waals surface area contributed by atoms with Crippen molar-refractivity contribution < 1.29 is 9.53 Å². The highest BCUT2D eigenvalue weighted by atomic mass is 16.5. The van der Waals surface area contributed by atoms with Crippen LogP contribution in [0.1, 0.15) is 12.5 Å². The SMILES string of the molecule is COC(=O)C(C)CN(C)CC=Cc1ccccc1. The molecule has 1 atom stereocenters. The van der Waals surface area contributed by atoms with E-state index in [9.17, 15) is 4.79 Å². The quantitative estimate of drug-likeness (QED) is 0.723. The van der Waals surface area contributed by atoms with Gasteiger partial charge in [-0.25, -0.2) is 0 Å². The van der Waals surface area contributed by atoms with Gasteiger partial charge in [0.25, 0.3) is 0 Å². The minimum atomic E-state index is -0.158. The Morgan fingerprint density at radius 3 is 2.67 bits per heavy atom. The maximum atomic E-state index is 11.3. The Balaban J connectivity index is 2.35. The number of rotatable bonds is 6. The summed E-state index contributed by atoms with van der Waals surface area (Å²) in [5, 5.41) is 0. The van der Waals surface area contributed by atoms with E-state index in [0.717, 1.165) is 6.54 Å². The minimum Gasteiger partial charge on any atom is -0.469 e. The van der Waals surface area contributed by atoms with Gasteiger partial charge in [0.15, 0.2) is 0 Å². The molecule has 1 aromatic carbocycles. The summed E-state index contributed by atoms with van der Waals surface area (Å²) in [6, 6.07) is 10.2. The van der Waals surface area contributed by atoms with Crippen LogP contribution in [0.2, 0.25) is 0 Å². The Bertz CT molecular complexity index is 387. The molecule has 3 heteroatoms. The maximum Gasteiger partial charge on any atom is 0.309 e. The predicted octanol–water partition coefficient (Wildman–Crippen LogP) is 2.44. The molecule has 0 bridgehead atoms. The standard InChI is InChI=1S/C15H21NO2/c1-13(15(17)18-3)12-16(2)11-7-10-14-8-5-4-6-9-14/h4-10,13H,11-12H2,1-3H3. The molecule has 3 nitrogen and oxygen atoms in total. The van der Waals surface area contributed by atoms with Gasteiger partial charge in [0, 0.05) is 13.1 Å². The molecule has 0 aliphatic heterocycles. The number of benzene rings is 1. The van der Waals surface area contributed by atoms with Crippen molar-refractivity contribution in [3.8, 4) is 0 Å². The third kappa shape index (κ3) is 5.15. The van der Waals surface area contributed by atoms with Gasteiger partial charge in [-0.1, -0.05) is 49.4 Å². The first-order chi connectivity index (χ1) is 8.63. The number of carbonyl (C=O) groups excluding carboxylic acids is 1. The van der Waals surface area contributed by atoms with Crippen molar-refractivity contribution >= 4 is 12.0 Å². The van der Waals surface area contributed by atoms with Crippen LogP contribution in [-0.4, -0.2) is 38.1 Å². The van der Waals surface area contributed by atoms with Crippen molar-refractivity contribution in [1.82, 2.24) is 4.90 Å².